The van der Waals surface area contributed by atoms with E-state index in [9.17, 15) is 4.79 Å². The van der Waals surface area contributed by atoms with Crippen molar-refractivity contribution in [1.29, 1.82) is 0 Å². The van der Waals surface area contributed by atoms with Gasteiger partial charge in [0.15, 0.2) is 0 Å². The lowest BCUT2D eigenvalue weighted by molar-refractivity contribution is 0.191. The standard InChI is InChI=1S/C7H15N2O/c1-4-5-9(6(2)3)7(8)10/h6,8H,4-5H2,1-3H3. The van der Waals surface area contributed by atoms with Crippen LogP contribution in [0.3, 0.4) is 0 Å². The lowest BCUT2D eigenvalue weighted by atomic mass is 10.3. The van der Waals surface area contributed by atoms with Gasteiger partial charge in [0, 0.05) is 12.6 Å². The van der Waals surface area contributed by atoms with E-state index >= 15 is 0 Å². The summed E-state index contributed by atoms with van der Waals surface area (Å²) in [5.74, 6) is 0. The fraction of sp³-hybridized carbons (Fsp3) is 0.857. The molecule has 2 amide bonds. The third-order valence-electron chi connectivity index (χ3n) is 1.35. The topological polar surface area (TPSA) is 44.1 Å². The van der Waals surface area contributed by atoms with Gasteiger partial charge in [0.25, 0.3) is 0 Å². The molecule has 0 heterocycles. The second-order valence-electron chi connectivity index (χ2n) is 2.59. The zero-order valence-electron chi connectivity index (χ0n) is 6.85. The van der Waals surface area contributed by atoms with Crippen LogP contribution in [-0.2, 0) is 0 Å². The van der Waals surface area contributed by atoms with E-state index in [1.807, 2.05) is 20.8 Å². The molecule has 0 aromatic carbocycles. The number of rotatable bonds is 3. The van der Waals surface area contributed by atoms with Crippen LogP contribution in [0.5, 0.6) is 0 Å². The highest BCUT2D eigenvalue weighted by Crippen LogP contribution is 1.98. The van der Waals surface area contributed by atoms with Crippen LogP contribution >= 0.6 is 0 Å². The van der Waals surface area contributed by atoms with Crippen LogP contribution in [0.1, 0.15) is 27.2 Å². The van der Waals surface area contributed by atoms with Crippen LogP contribution in [0.25, 0.3) is 0 Å². The Kier molecular flexibility index (Phi) is 3.84. The molecule has 0 aliphatic carbocycles. The summed E-state index contributed by atoms with van der Waals surface area (Å²) in [6.07, 6.45) is 0.919. The summed E-state index contributed by atoms with van der Waals surface area (Å²) in [5.41, 5.74) is 6.86. The summed E-state index contributed by atoms with van der Waals surface area (Å²) in [5, 5.41) is 0. The average Bonchev–Trinajstić information content (AvgIpc) is 1.81. The smallest absolute Gasteiger partial charge is 0.321 e. The maximum Gasteiger partial charge on any atom is 0.336 e. The first-order valence-corrected chi connectivity index (χ1v) is 3.61. The molecule has 0 unspecified atom stereocenters. The number of nitrogens with one attached hydrogen (secondary N) is 1. The van der Waals surface area contributed by atoms with Crippen molar-refractivity contribution >= 4 is 6.03 Å². The van der Waals surface area contributed by atoms with Crippen LogP contribution in [0.15, 0.2) is 0 Å². The average molecular weight is 143 g/mol. The molecule has 0 aliphatic rings. The molecule has 3 heteroatoms. The molecule has 1 N–H and O–H groups in total. The Labute approximate surface area is 62.2 Å². The summed E-state index contributed by atoms with van der Waals surface area (Å²) >= 11 is 0. The quantitative estimate of drug-likeness (QED) is 0.590. The molecule has 0 atom stereocenters. The van der Waals surface area contributed by atoms with Crippen molar-refractivity contribution in [3.63, 3.8) is 0 Å². The summed E-state index contributed by atoms with van der Waals surface area (Å²) in [7, 11) is 0. The minimum Gasteiger partial charge on any atom is -0.321 e. The van der Waals surface area contributed by atoms with E-state index in [-0.39, 0.29) is 6.04 Å². The first-order valence-electron chi connectivity index (χ1n) is 3.61. The second kappa shape index (κ2) is 4.14. The van der Waals surface area contributed by atoms with Crippen LogP contribution in [0.4, 0.5) is 4.79 Å². The SMILES string of the molecule is CCCN(C([NH])=O)C(C)C. The van der Waals surface area contributed by atoms with E-state index in [1.54, 1.807) is 4.90 Å². The largest absolute Gasteiger partial charge is 0.336 e. The first kappa shape index (κ1) is 9.27. The first-order chi connectivity index (χ1) is 4.59. The van der Waals surface area contributed by atoms with Gasteiger partial charge in [0.2, 0.25) is 0 Å². The summed E-state index contributed by atoms with van der Waals surface area (Å²) < 4.78 is 0. The van der Waals surface area contributed by atoms with E-state index in [0.717, 1.165) is 6.42 Å². The second-order valence-corrected chi connectivity index (χ2v) is 2.59. The normalized spacial score (nSPS) is 10.0. The Balaban J connectivity index is 3.85. The van der Waals surface area contributed by atoms with Crippen LogP contribution in [-0.4, -0.2) is 23.5 Å². The van der Waals surface area contributed by atoms with Crippen molar-refractivity contribution in [1.82, 2.24) is 10.6 Å². The fourth-order valence-electron chi connectivity index (χ4n) is 0.835. The van der Waals surface area contributed by atoms with Gasteiger partial charge >= 0.3 is 6.03 Å². The molecule has 10 heavy (non-hydrogen) atoms. The van der Waals surface area contributed by atoms with Gasteiger partial charge in [-0.3, -0.25) is 0 Å². The van der Waals surface area contributed by atoms with Gasteiger partial charge in [-0.05, 0) is 20.3 Å². The molecule has 0 saturated carbocycles. The Morgan fingerprint density at radius 2 is 2.10 bits per heavy atom. The van der Waals surface area contributed by atoms with Gasteiger partial charge in [0.1, 0.15) is 0 Å². The van der Waals surface area contributed by atoms with Crippen molar-refractivity contribution in [2.24, 2.45) is 0 Å². The zero-order chi connectivity index (χ0) is 8.15. The van der Waals surface area contributed by atoms with Gasteiger partial charge in [-0.25, -0.2) is 10.5 Å². The van der Waals surface area contributed by atoms with E-state index in [4.69, 9.17) is 5.73 Å². The number of nitrogens with zero attached hydrogens (tertiary/aromatic N) is 1. The van der Waals surface area contributed by atoms with Gasteiger partial charge in [-0.15, -0.1) is 0 Å². The van der Waals surface area contributed by atoms with E-state index in [1.165, 1.54) is 0 Å². The molecule has 1 radical (unpaired) electrons. The third kappa shape index (κ3) is 2.71. The van der Waals surface area contributed by atoms with Crippen molar-refractivity contribution in [2.45, 2.75) is 33.2 Å². The minimum atomic E-state index is -0.572. The maximum atomic E-state index is 10.6. The highest BCUT2D eigenvalue weighted by molar-refractivity contribution is 5.71. The van der Waals surface area contributed by atoms with Gasteiger partial charge < -0.3 is 4.90 Å². The maximum absolute atomic E-state index is 10.6. The van der Waals surface area contributed by atoms with E-state index in [0.29, 0.717) is 6.54 Å². The highest BCUT2D eigenvalue weighted by Gasteiger charge is 2.11. The summed E-state index contributed by atoms with van der Waals surface area (Å²) in [6.45, 7) is 6.53. The molecular formula is C7H15N2O. The molecule has 0 fully saturated rings. The number of hydrogen-bond acceptors (Lipinski definition) is 1. The number of carbonyl (C=O) groups excluding carboxylic acids is 1. The number of hydrogen-bond donors (Lipinski definition) is 0. The van der Waals surface area contributed by atoms with Crippen LogP contribution in [0.2, 0.25) is 0 Å². The molecule has 59 valence electrons. The summed E-state index contributed by atoms with van der Waals surface area (Å²) in [6, 6.07) is -0.415. The van der Waals surface area contributed by atoms with Crippen molar-refractivity contribution in [3.05, 3.63) is 0 Å². The predicted molar refractivity (Wildman–Crippen MR) is 40.6 cm³/mol. The molecule has 0 bridgehead atoms. The Morgan fingerprint density at radius 3 is 2.20 bits per heavy atom. The molecule has 0 aromatic rings. The van der Waals surface area contributed by atoms with Gasteiger partial charge in [-0.1, -0.05) is 6.92 Å². The molecule has 0 aliphatic heterocycles. The van der Waals surface area contributed by atoms with Crippen molar-refractivity contribution < 1.29 is 4.79 Å². The fourth-order valence-corrected chi connectivity index (χ4v) is 0.835. The monoisotopic (exact) mass is 143 g/mol. The van der Waals surface area contributed by atoms with Gasteiger partial charge in [-0.2, -0.15) is 0 Å². The van der Waals surface area contributed by atoms with Gasteiger partial charge in [0.05, 0.1) is 0 Å². The minimum absolute atomic E-state index is 0.157. The predicted octanol–water partition coefficient (Wildman–Crippen LogP) is 1.51. The number of amides is 2. The van der Waals surface area contributed by atoms with Crippen molar-refractivity contribution in [3.8, 4) is 0 Å². The van der Waals surface area contributed by atoms with E-state index < -0.39 is 6.03 Å². The lowest BCUT2D eigenvalue weighted by Gasteiger charge is -2.22. The van der Waals surface area contributed by atoms with Crippen molar-refractivity contribution in [2.75, 3.05) is 6.54 Å². The molecule has 0 saturated heterocycles. The Bertz CT molecular complexity index is 112. The molecular weight excluding hydrogens is 128 g/mol. The Hall–Kier alpha value is -0.730. The Morgan fingerprint density at radius 1 is 1.60 bits per heavy atom. The lowest BCUT2D eigenvalue weighted by Crippen LogP contribution is -2.37. The van der Waals surface area contributed by atoms with E-state index in [2.05, 4.69) is 0 Å². The zero-order valence-corrected chi connectivity index (χ0v) is 6.85. The molecule has 0 aromatic heterocycles. The molecule has 0 spiro atoms. The van der Waals surface area contributed by atoms with Crippen LogP contribution < -0.4 is 5.73 Å². The molecule has 3 nitrogen and oxygen atoms in total. The highest BCUT2D eigenvalue weighted by atomic mass is 16.2. The molecule has 0 rings (SSSR count). The number of urea groups is 1. The third-order valence-corrected chi connectivity index (χ3v) is 1.35. The van der Waals surface area contributed by atoms with Crippen LogP contribution in [0, 0.1) is 0 Å². The summed E-state index contributed by atoms with van der Waals surface area (Å²) in [4.78, 5) is 12.1. The number of carbonyl (C=O) groups is 1.